The van der Waals surface area contributed by atoms with E-state index < -0.39 is 0 Å². The van der Waals surface area contributed by atoms with Gasteiger partial charge in [-0.05, 0) is 31.7 Å². The minimum absolute atomic E-state index is 0.677. The molecule has 2 fully saturated rings. The van der Waals surface area contributed by atoms with Crippen LogP contribution in [-0.4, -0.2) is 36.3 Å². The van der Waals surface area contributed by atoms with Crippen molar-refractivity contribution in [3.8, 4) is 0 Å². The smallest absolute Gasteiger partial charge is 0.0600 e. The molecule has 0 radical (unpaired) electrons. The second-order valence-corrected chi connectivity index (χ2v) is 7.14. The highest BCUT2D eigenvalue weighted by atomic mass is 32.2. The van der Waals surface area contributed by atoms with Crippen LogP contribution in [-0.2, 0) is 4.74 Å². The SMILES string of the molecule is CCNC1CCOCC1SC1CCCC(C)C1. The van der Waals surface area contributed by atoms with Crippen LogP contribution in [0, 0.1) is 5.92 Å². The molecule has 0 aromatic carbocycles. The van der Waals surface area contributed by atoms with E-state index in [2.05, 4.69) is 30.9 Å². The molecule has 1 saturated carbocycles. The number of nitrogens with one attached hydrogen (secondary N) is 1. The quantitative estimate of drug-likeness (QED) is 0.836. The van der Waals surface area contributed by atoms with Gasteiger partial charge in [0.15, 0.2) is 0 Å². The summed E-state index contributed by atoms with van der Waals surface area (Å²) in [6.07, 6.45) is 6.89. The lowest BCUT2D eigenvalue weighted by atomic mass is 9.90. The molecule has 0 aromatic rings. The first kappa shape index (κ1) is 13.7. The van der Waals surface area contributed by atoms with Crippen LogP contribution in [0.15, 0.2) is 0 Å². The van der Waals surface area contributed by atoms with E-state index in [4.69, 9.17) is 4.74 Å². The summed E-state index contributed by atoms with van der Waals surface area (Å²) in [4.78, 5) is 0. The molecule has 4 atom stereocenters. The molecule has 2 aliphatic rings. The molecule has 17 heavy (non-hydrogen) atoms. The van der Waals surface area contributed by atoms with Crippen molar-refractivity contribution in [2.24, 2.45) is 5.92 Å². The topological polar surface area (TPSA) is 21.3 Å². The molecule has 3 heteroatoms. The zero-order valence-corrected chi connectivity index (χ0v) is 12.1. The molecule has 0 amide bonds. The van der Waals surface area contributed by atoms with Gasteiger partial charge in [0.05, 0.1) is 6.61 Å². The lowest BCUT2D eigenvalue weighted by molar-refractivity contribution is 0.0834. The van der Waals surface area contributed by atoms with Gasteiger partial charge in [0.2, 0.25) is 0 Å². The summed E-state index contributed by atoms with van der Waals surface area (Å²) in [5.41, 5.74) is 0. The van der Waals surface area contributed by atoms with Gasteiger partial charge in [0, 0.05) is 23.1 Å². The molecule has 0 aromatic heterocycles. The Hall–Kier alpha value is 0.270. The van der Waals surface area contributed by atoms with Crippen LogP contribution in [0.25, 0.3) is 0 Å². The molecule has 2 nitrogen and oxygen atoms in total. The molecule has 1 heterocycles. The van der Waals surface area contributed by atoms with Crippen molar-refractivity contribution in [1.82, 2.24) is 5.32 Å². The summed E-state index contributed by atoms with van der Waals surface area (Å²) in [6.45, 7) is 7.59. The molecule has 1 N–H and O–H groups in total. The van der Waals surface area contributed by atoms with Crippen molar-refractivity contribution in [1.29, 1.82) is 0 Å². The Bertz CT molecular complexity index is 222. The molecule has 0 spiro atoms. The molecule has 2 rings (SSSR count). The lowest BCUT2D eigenvalue weighted by Gasteiger charge is -2.36. The Morgan fingerprint density at radius 1 is 1.29 bits per heavy atom. The number of rotatable bonds is 4. The second-order valence-electron chi connectivity index (χ2n) is 5.60. The molecule has 1 aliphatic carbocycles. The van der Waals surface area contributed by atoms with Crippen LogP contribution in [0.3, 0.4) is 0 Å². The van der Waals surface area contributed by atoms with Crippen LogP contribution in [0.1, 0.15) is 46.0 Å². The highest BCUT2D eigenvalue weighted by Gasteiger charge is 2.29. The van der Waals surface area contributed by atoms with Gasteiger partial charge in [-0.15, -0.1) is 0 Å². The van der Waals surface area contributed by atoms with E-state index in [1.807, 2.05) is 0 Å². The van der Waals surface area contributed by atoms with E-state index in [9.17, 15) is 0 Å². The zero-order valence-electron chi connectivity index (χ0n) is 11.3. The van der Waals surface area contributed by atoms with Crippen LogP contribution >= 0.6 is 11.8 Å². The number of ether oxygens (including phenoxy) is 1. The summed E-state index contributed by atoms with van der Waals surface area (Å²) in [6, 6.07) is 0.677. The van der Waals surface area contributed by atoms with Gasteiger partial charge in [-0.3, -0.25) is 0 Å². The predicted octanol–water partition coefficient (Wildman–Crippen LogP) is 3.07. The fraction of sp³-hybridized carbons (Fsp3) is 1.00. The average Bonchev–Trinajstić information content (AvgIpc) is 2.32. The minimum Gasteiger partial charge on any atom is -0.380 e. The third-order valence-electron chi connectivity index (χ3n) is 4.03. The maximum Gasteiger partial charge on any atom is 0.0600 e. The highest BCUT2D eigenvalue weighted by molar-refractivity contribution is 8.00. The van der Waals surface area contributed by atoms with E-state index in [1.165, 1.54) is 32.1 Å². The van der Waals surface area contributed by atoms with Gasteiger partial charge in [0.1, 0.15) is 0 Å². The Morgan fingerprint density at radius 3 is 2.94 bits per heavy atom. The molecule has 0 bridgehead atoms. The van der Waals surface area contributed by atoms with Gasteiger partial charge in [-0.2, -0.15) is 11.8 Å². The maximum absolute atomic E-state index is 5.67. The molecule has 4 unspecified atom stereocenters. The largest absolute Gasteiger partial charge is 0.380 e. The van der Waals surface area contributed by atoms with Crippen molar-refractivity contribution in [3.05, 3.63) is 0 Å². The standard InChI is InChI=1S/C14H27NOS/c1-3-15-13-7-8-16-10-14(13)17-12-6-4-5-11(2)9-12/h11-15H,3-10H2,1-2H3. The first-order chi connectivity index (χ1) is 8.29. The van der Waals surface area contributed by atoms with Crippen molar-refractivity contribution in [2.45, 2.75) is 62.5 Å². The summed E-state index contributed by atoms with van der Waals surface area (Å²) in [5, 5.41) is 5.20. The summed E-state index contributed by atoms with van der Waals surface area (Å²) >= 11 is 2.21. The average molecular weight is 257 g/mol. The fourth-order valence-corrected chi connectivity index (χ4v) is 4.92. The number of thioether (sulfide) groups is 1. The monoisotopic (exact) mass is 257 g/mol. The van der Waals surface area contributed by atoms with Gasteiger partial charge in [-0.1, -0.05) is 26.7 Å². The first-order valence-electron chi connectivity index (χ1n) is 7.26. The van der Waals surface area contributed by atoms with E-state index >= 15 is 0 Å². The van der Waals surface area contributed by atoms with Gasteiger partial charge >= 0.3 is 0 Å². The van der Waals surface area contributed by atoms with E-state index in [1.54, 1.807) is 0 Å². The minimum atomic E-state index is 0.677. The molecular weight excluding hydrogens is 230 g/mol. The molecule has 100 valence electrons. The van der Waals surface area contributed by atoms with Gasteiger partial charge < -0.3 is 10.1 Å². The maximum atomic E-state index is 5.67. The molecular formula is C14H27NOS. The third-order valence-corrected chi connectivity index (χ3v) is 5.65. The van der Waals surface area contributed by atoms with Gasteiger partial charge in [-0.25, -0.2) is 0 Å². The molecule has 1 saturated heterocycles. The molecule has 1 aliphatic heterocycles. The van der Waals surface area contributed by atoms with Crippen molar-refractivity contribution in [2.75, 3.05) is 19.8 Å². The Morgan fingerprint density at radius 2 is 2.18 bits per heavy atom. The van der Waals surface area contributed by atoms with Crippen LogP contribution in [0.5, 0.6) is 0 Å². The van der Waals surface area contributed by atoms with Crippen LogP contribution in [0.4, 0.5) is 0 Å². The Kier molecular flexibility index (Phi) is 5.64. The zero-order chi connectivity index (χ0) is 12.1. The Labute approximate surface area is 110 Å². The summed E-state index contributed by atoms with van der Waals surface area (Å²) in [7, 11) is 0. The van der Waals surface area contributed by atoms with Crippen LogP contribution < -0.4 is 5.32 Å². The van der Waals surface area contributed by atoms with E-state index in [0.717, 1.165) is 30.9 Å². The summed E-state index contributed by atoms with van der Waals surface area (Å²) in [5.74, 6) is 0.934. The normalized spacial score (nSPS) is 39.2. The fourth-order valence-electron chi connectivity index (χ4n) is 3.09. The Balaban J connectivity index is 1.82. The third kappa shape index (κ3) is 4.15. The number of hydrogen-bond acceptors (Lipinski definition) is 3. The number of hydrogen-bond donors (Lipinski definition) is 1. The van der Waals surface area contributed by atoms with Crippen LogP contribution in [0.2, 0.25) is 0 Å². The second kappa shape index (κ2) is 7.01. The lowest BCUT2D eigenvalue weighted by Crippen LogP contribution is -2.45. The van der Waals surface area contributed by atoms with Crippen molar-refractivity contribution in [3.63, 3.8) is 0 Å². The van der Waals surface area contributed by atoms with Crippen molar-refractivity contribution < 1.29 is 4.74 Å². The van der Waals surface area contributed by atoms with Gasteiger partial charge in [0.25, 0.3) is 0 Å². The van der Waals surface area contributed by atoms with Crippen molar-refractivity contribution >= 4 is 11.8 Å². The van der Waals surface area contributed by atoms with E-state index in [0.29, 0.717) is 11.3 Å². The summed E-state index contributed by atoms with van der Waals surface area (Å²) < 4.78 is 5.67. The highest BCUT2D eigenvalue weighted by Crippen LogP contribution is 2.36. The van der Waals surface area contributed by atoms with E-state index in [-0.39, 0.29) is 0 Å². The first-order valence-corrected chi connectivity index (χ1v) is 8.20. The predicted molar refractivity (Wildman–Crippen MR) is 75.7 cm³/mol.